The van der Waals surface area contributed by atoms with E-state index in [2.05, 4.69) is 21.2 Å². The molecule has 0 bridgehead atoms. The molecule has 0 radical (unpaired) electrons. The predicted octanol–water partition coefficient (Wildman–Crippen LogP) is 1.16. The number of likely N-dealkylation sites (N-methyl/N-ethyl adjacent to an activating group) is 1. The van der Waals surface area contributed by atoms with Crippen molar-refractivity contribution in [2.24, 2.45) is 0 Å². The molecule has 0 aliphatic carbocycles. The Morgan fingerprint density at radius 3 is 2.78 bits per heavy atom. The Morgan fingerprint density at radius 1 is 1.50 bits per heavy atom. The summed E-state index contributed by atoms with van der Waals surface area (Å²) in [6.07, 6.45) is -0.493. The van der Waals surface area contributed by atoms with Gasteiger partial charge in [-0.2, -0.15) is 0 Å². The van der Waals surface area contributed by atoms with Crippen LogP contribution in [0, 0.1) is 6.92 Å². The first-order valence-corrected chi connectivity index (χ1v) is 6.72. The molecular formula is C13H17BrN2O2. The van der Waals surface area contributed by atoms with Crippen LogP contribution < -0.4 is 5.32 Å². The van der Waals surface area contributed by atoms with Gasteiger partial charge in [-0.15, -0.1) is 0 Å². The summed E-state index contributed by atoms with van der Waals surface area (Å²) in [4.78, 5) is 13.9. The minimum absolute atomic E-state index is 0.0662. The normalized spacial score (nSPS) is 23.1. The zero-order valence-corrected chi connectivity index (χ0v) is 12.1. The second kappa shape index (κ2) is 5.38. The number of halogens is 1. The highest BCUT2D eigenvalue weighted by Crippen LogP contribution is 2.19. The Hall–Kier alpha value is -0.910. The maximum absolute atomic E-state index is 12.3. The second-order valence-electron chi connectivity index (χ2n) is 4.67. The maximum Gasteiger partial charge on any atom is 0.254 e. The molecular weight excluding hydrogens is 296 g/mol. The van der Waals surface area contributed by atoms with Gasteiger partial charge in [0, 0.05) is 30.2 Å². The second-order valence-corrected chi connectivity index (χ2v) is 5.53. The molecule has 1 aromatic carbocycles. The first-order chi connectivity index (χ1) is 8.50. The van der Waals surface area contributed by atoms with E-state index in [1.54, 1.807) is 11.9 Å². The molecule has 0 unspecified atom stereocenters. The smallest absolute Gasteiger partial charge is 0.254 e. The number of carbonyl (C=O) groups excluding carboxylic acids is 1. The molecule has 1 amide bonds. The van der Waals surface area contributed by atoms with Gasteiger partial charge >= 0.3 is 0 Å². The summed E-state index contributed by atoms with van der Waals surface area (Å²) in [6, 6.07) is 5.39. The molecule has 2 atom stereocenters. The van der Waals surface area contributed by atoms with E-state index in [1.165, 1.54) is 0 Å². The van der Waals surface area contributed by atoms with Gasteiger partial charge in [-0.3, -0.25) is 4.79 Å². The lowest BCUT2D eigenvalue weighted by molar-refractivity contribution is 0.0581. The van der Waals surface area contributed by atoms with Gasteiger partial charge in [-0.25, -0.2) is 0 Å². The van der Waals surface area contributed by atoms with E-state index < -0.39 is 6.10 Å². The van der Waals surface area contributed by atoms with Gasteiger partial charge in [-0.1, -0.05) is 22.0 Å². The number of carbonyl (C=O) groups is 1. The summed E-state index contributed by atoms with van der Waals surface area (Å²) < 4.78 is 0.923. The van der Waals surface area contributed by atoms with Crippen molar-refractivity contribution >= 4 is 21.8 Å². The number of nitrogens with zero attached hydrogens (tertiary/aromatic N) is 1. The molecule has 98 valence electrons. The minimum atomic E-state index is -0.493. The van der Waals surface area contributed by atoms with Crippen LogP contribution in [0.2, 0.25) is 0 Å². The van der Waals surface area contributed by atoms with Crippen LogP contribution in [-0.4, -0.2) is 48.2 Å². The minimum Gasteiger partial charge on any atom is -0.390 e. The third kappa shape index (κ3) is 2.58. The summed E-state index contributed by atoms with van der Waals surface area (Å²) in [6.45, 7) is 3.16. The van der Waals surface area contributed by atoms with Crippen molar-refractivity contribution in [2.75, 3.05) is 20.1 Å². The molecule has 1 heterocycles. The average Bonchev–Trinajstić information content (AvgIpc) is 2.77. The Kier molecular flexibility index (Phi) is 4.04. The number of aliphatic hydroxyl groups excluding tert-OH is 1. The molecule has 2 rings (SSSR count). The summed E-state index contributed by atoms with van der Waals surface area (Å²) in [5, 5.41) is 12.9. The maximum atomic E-state index is 12.3. The number of aliphatic hydroxyl groups is 1. The van der Waals surface area contributed by atoms with Gasteiger partial charge < -0.3 is 15.3 Å². The number of hydrogen-bond acceptors (Lipinski definition) is 3. The van der Waals surface area contributed by atoms with Gasteiger partial charge in [0.05, 0.1) is 12.1 Å². The van der Waals surface area contributed by atoms with Crippen molar-refractivity contribution in [3.63, 3.8) is 0 Å². The molecule has 1 saturated heterocycles. The fraction of sp³-hybridized carbons (Fsp3) is 0.462. The van der Waals surface area contributed by atoms with Gasteiger partial charge in [0.25, 0.3) is 5.91 Å². The first-order valence-electron chi connectivity index (χ1n) is 5.93. The van der Waals surface area contributed by atoms with Crippen LogP contribution in [0.25, 0.3) is 0 Å². The molecule has 1 aliphatic heterocycles. The van der Waals surface area contributed by atoms with Gasteiger partial charge in [0.2, 0.25) is 0 Å². The molecule has 1 aromatic rings. The van der Waals surface area contributed by atoms with E-state index in [0.29, 0.717) is 18.7 Å². The predicted molar refractivity (Wildman–Crippen MR) is 73.6 cm³/mol. The lowest BCUT2D eigenvalue weighted by Crippen LogP contribution is -2.44. The SMILES string of the molecule is Cc1ccc(C(=O)N(C)[C@@H]2CNC[C@H]2O)cc1Br. The summed E-state index contributed by atoms with van der Waals surface area (Å²) in [5.41, 5.74) is 1.73. The van der Waals surface area contributed by atoms with Crippen LogP contribution in [-0.2, 0) is 0 Å². The number of hydrogen-bond donors (Lipinski definition) is 2. The first kappa shape index (κ1) is 13.5. The fourth-order valence-electron chi connectivity index (χ4n) is 2.13. The van der Waals surface area contributed by atoms with Gasteiger partial charge in [0.15, 0.2) is 0 Å². The highest BCUT2D eigenvalue weighted by molar-refractivity contribution is 9.10. The molecule has 5 heteroatoms. The lowest BCUT2D eigenvalue weighted by atomic mass is 10.1. The van der Waals surface area contributed by atoms with E-state index in [1.807, 2.05) is 25.1 Å². The molecule has 0 spiro atoms. The van der Waals surface area contributed by atoms with E-state index in [0.717, 1.165) is 10.0 Å². The summed E-state index contributed by atoms with van der Waals surface area (Å²) >= 11 is 3.43. The number of amides is 1. The van der Waals surface area contributed by atoms with Crippen molar-refractivity contribution in [2.45, 2.75) is 19.1 Å². The van der Waals surface area contributed by atoms with Crippen LogP contribution >= 0.6 is 15.9 Å². The number of aryl methyl sites for hydroxylation is 1. The van der Waals surface area contributed by atoms with Crippen molar-refractivity contribution in [3.8, 4) is 0 Å². The van der Waals surface area contributed by atoms with Crippen LogP contribution in [0.3, 0.4) is 0 Å². The Labute approximate surface area is 115 Å². The van der Waals surface area contributed by atoms with Gasteiger partial charge in [-0.05, 0) is 24.6 Å². The van der Waals surface area contributed by atoms with Crippen molar-refractivity contribution in [1.82, 2.24) is 10.2 Å². The van der Waals surface area contributed by atoms with Crippen LogP contribution in [0.5, 0.6) is 0 Å². The molecule has 18 heavy (non-hydrogen) atoms. The van der Waals surface area contributed by atoms with Crippen molar-refractivity contribution in [3.05, 3.63) is 33.8 Å². The zero-order valence-electron chi connectivity index (χ0n) is 10.5. The fourth-order valence-corrected chi connectivity index (χ4v) is 2.51. The van der Waals surface area contributed by atoms with E-state index in [4.69, 9.17) is 0 Å². The Morgan fingerprint density at radius 2 is 2.22 bits per heavy atom. The largest absolute Gasteiger partial charge is 0.390 e. The van der Waals surface area contributed by atoms with E-state index in [-0.39, 0.29) is 11.9 Å². The topological polar surface area (TPSA) is 52.6 Å². The van der Waals surface area contributed by atoms with Crippen LogP contribution in [0.1, 0.15) is 15.9 Å². The lowest BCUT2D eigenvalue weighted by Gasteiger charge is -2.26. The third-order valence-electron chi connectivity index (χ3n) is 3.39. The van der Waals surface area contributed by atoms with Crippen molar-refractivity contribution in [1.29, 1.82) is 0 Å². The molecule has 4 nitrogen and oxygen atoms in total. The van der Waals surface area contributed by atoms with E-state index in [9.17, 15) is 9.90 Å². The molecule has 0 saturated carbocycles. The third-order valence-corrected chi connectivity index (χ3v) is 4.24. The quantitative estimate of drug-likeness (QED) is 0.861. The number of benzene rings is 1. The highest BCUT2D eigenvalue weighted by Gasteiger charge is 2.31. The monoisotopic (exact) mass is 312 g/mol. The van der Waals surface area contributed by atoms with Crippen molar-refractivity contribution < 1.29 is 9.90 Å². The molecule has 1 aliphatic rings. The Bertz CT molecular complexity index is 464. The zero-order chi connectivity index (χ0) is 13.3. The highest BCUT2D eigenvalue weighted by atomic mass is 79.9. The van der Waals surface area contributed by atoms with Crippen LogP contribution in [0.15, 0.2) is 22.7 Å². The average molecular weight is 313 g/mol. The summed E-state index contributed by atoms with van der Waals surface area (Å²) in [5.74, 6) is -0.0662. The number of nitrogens with one attached hydrogen (secondary N) is 1. The van der Waals surface area contributed by atoms with Gasteiger partial charge in [0.1, 0.15) is 0 Å². The summed E-state index contributed by atoms with van der Waals surface area (Å²) in [7, 11) is 1.73. The molecule has 0 aromatic heterocycles. The number of β-amino-alcohol motifs (C(OH)–C–C–N with tert-alkyl or cyclic N) is 1. The van der Waals surface area contributed by atoms with Crippen LogP contribution in [0.4, 0.5) is 0 Å². The molecule has 2 N–H and O–H groups in total. The Balaban J connectivity index is 2.17. The van der Waals surface area contributed by atoms with E-state index >= 15 is 0 Å². The standard InChI is InChI=1S/C13H17BrN2O2/c1-8-3-4-9(5-10(8)14)13(18)16(2)11-6-15-7-12(11)17/h3-5,11-12,15,17H,6-7H2,1-2H3/t11-,12-/m1/s1. The molecule has 1 fully saturated rings. The number of rotatable bonds is 2.